The molecule has 0 aliphatic rings. The lowest BCUT2D eigenvalue weighted by molar-refractivity contribution is 0.0602. The van der Waals surface area contributed by atoms with Crippen LogP contribution in [0.2, 0.25) is 0 Å². The molecule has 114 valence electrons. The first-order valence-electron chi connectivity index (χ1n) is 6.37. The van der Waals surface area contributed by atoms with Crippen LogP contribution in [0.1, 0.15) is 28.6 Å². The van der Waals surface area contributed by atoms with Crippen LogP contribution in [0.25, 0.3) is 10.2 Å². The van der Waals surface area contributed by atoms with Crippen LogP contribution < -0.4 is 11.2 Å². The molecule has 0 aliphatic heterocycles. The Kier molecular flexibility index (Phi) is 4.67. The highest BCUT2D eigenvalue weighted by Gasteiger charge is 2.25. The average molecular weight is 375 g/mol. The van der Waals surface area contributed by atoms with Gasteiger partial charge in [-0.25, -0.2) is 9.59 Å². The number of carbonyl (C=O) groups excluding carboxylic acids is 1. The summed E-state index contributed by atoms with van der Waals surface area (Å²) in [4.78, 5) is 37.9. The second-order valence-electron chi connectivity index (χ2n) is 4.50. The van der Waals surface area contributed by atoms with Crippen LogP contribution in [-0.4, -0.2) is 22.2 Å². The fourth-order valence-corrected chi connectivity index (χ4v) is 3.98. The second kappa shape index (κ2) is 6.15. The molecule has 0 aromatic carbocycles. The van der Waals surface area contributed by atoms with Gasteiger partial charge in [-0.3, -0.25) is 13.9 Å². The van der Waals surface area contributed by atoms with Crippen molar-refractivity contribution in [3.8, 4) is 0 Å². The van der Waals surface area contributed by atoms with Gasteiger partial charge in [0.05, 0.1) is 18.1 Å². The van der Waals surface area contributed by atoms with Gasteiger partial charge in [0.15, 0.2) is 0 Å². The Morgan fingerprint density at radius 3 is 2.57 bits per heavy atom. The number of esters is 1. The number of fused-ring (bicyclic) bond motifs is 1. The summed E-state index contributed by atoms with van der Waals surface area (Å²) in [6.45, 7) is 2.44. The molecule has 0 aliphatic carbocycles. The summed E-state index contributed by atoms with van der Waals surface area (Å²) in [7, 11) is 2.69. The summed E-state index contributed by atoms with van der Waals surface area (Å²) >= 11 is 4.59. The van der Waals surface area contributed by atoms with E-state index in [0.717, 1.165) is 11.0 Å². The van der Waals surface area contributed by atoms with Gasteiger partial charge in [0.25, 0.3) is 5.56 Å². The highest BCUT2D eigenvalue weighted by Crippen LogP contribution is 2.30. The third kappa shape index (κ3) is 2.46. The summed E-state index contributed by atoms with van der Waals surface area (Å²) in [5.41, 5.74) is -0.584. The van der Waals surface area contributed by atoms with Crippen LogP contribution in [0.15, 0.2) is 9.59 Å². The van der Waals surface area contributed by atoms with E-state index in [9.17, 15) is 14.4 Å². The predicted molar refractivity (Wildman–Crippen MR) is 85.6 cm³/mol. The molecule has 0 radical (unpaired) electrons. The Bertz CT molecular complexity index is 818. The first-order valence-corrected chi connectivity index (χ1v) is 8.31. The number of halogens is 1. The molecule has 2 rings (SSSR count). The van der Waals surface area contributed by atoms with Gasteiger partial charge in [0.2, 0.25) is 0 Å². The third-order valence-corrected chi connectivity index (χ3v) is 5.35. The van der Waals surface area contributed by atoms with E-state index >= 15 is 0 Å². The second-order valence-corrected chi connectivity index (χ2v) is 6.15. The lowest BCUT2D eigenvalue weighted by Crippen LogP contribution is -2.38. The molecule has 0 N–H and O–H groups in total. The average Bonchev–Trinajstić information content (AvgIpc) is 2.88. The van der Waals surface area contributed by atoms with Crippen molar-refractivity contribution in [1.29, 1.82) is 0 Å². The standard InChI is InChI=1S/C13H15BrN2O4S/c1-4-5-16-11-9(10(17)15(2)13(16)19)8(12(18)20-3)7(6-14)21-11/h4-6H2,1-3H3. The van der Waals surface area contributed by atoms with Crippen molar-refractivity contribution in [3.63, 3.8) is 0 Å². The SMILES string of the molecule is CCCn1c(=O)n(C)c(=O)c2c(C(=O)OC)c(CBr)sc21. The Labute approximate surface area is 133 Å². The van der Waals surface area contributed by atoms with Crippen molar-refractivity contribution < 1.29 is 9.53 Å². The van der Waals surface area contributed by atoms with E-state index in [-0.39, 0.29) is 16.6 Å². The van der Waals surface area contributed by atoms with Crippen LogP contribution in [0, 0.1) is 0 Å². The maximum atomic E-state index is 12.4. The minimum absolute atomic E-state index is 0.250. The van der Waals surface area contributed by atoms with Gasteiger partial charge in [-0.15, -0.1) is 11.3 Å². The van der Waals surface area contributed by atoms with Gasteiger partial charge < -0.3 is 4.74 Å². The Hall–Kier alpha value is -1.41. The van der Waals surface area contributed by atoms with E-state index < -0.39 is 11.5 Å². The zero-order valence-corrected chi connectivity index (χ0v) is 14.3. The lowest BCUT2D eigenvalue weighted by atomic mass is 10.2. The molecule has 21 heavy (non-hydrogen) atoms. The molecule has 0 saturated carbocycles. The Morgan fingerprint density at radius 1 is 1.38 bits per heavy atom. The number of rotatable bonds is 4. The maximum absolute atomic E-state index is 12.4. The van der Waals surface area contributed by atoms with Crippen molar-refractivity contribution in [1.82, 2.24) is 9.13 Å². The molecule has 0 atom stereocenters. The Balaban J connectivity index is 3.03. The van der Waals surface area contributed by atoms with Crippen LogP contribution in [-0.2, 0) is 23.7 Å². The number of nitrogens with zero attached hydrogens (tertiary/aromatic N) is 2. The number of methoxy groups -OCH3 is 1. The molecule has 6 nitrogen and oxygen atoms in total. The van der Waals surface area contributed by atoms with E-state index in [1.54, 1.807) is 4.57 Å². The minimum Gasteiger partial charge on any atom is -0.465 e. The predicted octanol–water partition coefficient (Wildman–Crippen LogP) is 1.85. The highest BCUT2D eigenvalue weighted by molar-refractivity contribution is 9.08. The lowest BCUT2D eigenvalue weighted by Gasteiger charge is -2.08. The number of hydrogen-bond donors (Lipinski definition) is 0. The molecular weight excluding hydrogens is 360 g/mol. The first-order chi connectivity index (χ1) is 9.97. The largest absolute Gasteiger partial charge is 0.465 e. The zero-order valence-electron chi connectivity index (χ0n) is 11.9. The molecule has 0 amide bonds. The normalized spacial score (nSPS) is 11.0. The Morgan fingerprint density at radius 2 is 2.05 bits per heavy atom. The molecule has 0 bridgehead atoms. The van der Waals surface area contributed by atoms with E-state index in [4.69, 9.17) is 4.74 Å². The summed E-state index contributed by atoms with van der Waals surface area (Å²) in [5.74, 6) is -0.561. The van der Waals surface area contributed by atoms with Gasteiger partial charge >= 0.3 is 11.7 Å². The van der Waals surface area contributed by atoms with Gasteiger partial charge in [0.1, 0.15) is 4.83 Å². The van der Waals surface area contributed by atoms with Gasteiger partial charge in [-0.2, -0.15) is 0 Å². The monoisotopic (exact) mass is 374 g/mol. The van der Waals surface area contributed by atoms with E-state index in [1.807, 2.05) is 6.92 Å². The fraction of sp³-hybridized carbons (Fsp3) is 0.462. The van der Waals surface area contributed by atoms with Crippen LogP contribution >= 0.6 is 27.3 Å². The van der Waals surface area contributed by atoms with E-state index in [2.05, 4.69) is 15.9 Å². The van der Waals surface area contributed by atoms with Crippen molar-refractivity contribution in [3.05, 3.63) is 31.3 Å². The smallest absolute Gasteiger partial charge is 0.339 e. The molecule has 8 heteroatoms. The zero-order chi connectivity index (χ0) is 15.7. The quantitative estimate of drug-likeness (QED) is 0.604. The van der Waals surface area contributed by atoms with Crippen LogP contribution in [0.5, 0.6) is 0 Å². The summed E-state index contributed by atoms with van der Waals surface area (Å²) in [6.07, 6.45) is 0.752. The highest BCUT2D eigenvalue weighted by atomic mass is 79.9. The maximum Gasteiger partial charge on any atom is 0.339 e. The molecule has 2 heterocycles. The number of carbonyl (C=O) groups is 1. The number of aromatic nitrogens is 2. The van der Waals surface area contributed by atoms with Crippen LogP contribution in [0.3, 0.4) is 0 Å². The van der Waals surface area contributed by atoms with Gasteiger partial charge in [0, 0.05) is 23.8 Å². The molecule has 0 saturated heterocycles. The number of alkyl halides is 1. The van der Waals surface area contributed by atoms with Gasteiger partial charge in [-0.05, 0) is 6.42 Å². The van der Waals surface area contributed by atoms with Crippen molar-refractivity contribution in [2.45, 2.75) is 25.2 Å². The van der Waals surface area contributed by atoms with Crippen molar-refractivity contribution >= 4 is 43.5 Å². The molecule has 0 unspecified atom stereocenters. The number of hydrogen-bond acceptors (Lipinski definition) is 5. The summed E-state index contributed by atoms with van der Waals surface area (Å²) in [5, 5.41) is 0.678. The van der Waals surface area contributed by atoms with Gasteiger partial charge in [-0.1, -0.05) is 22.9 Å². The molecule has 2 aromatic heterocycles. The number of ether oxygens (including phenoxy) is 1. The van der Waals surface area contributed by atoms with E-state index in [0.29, 0.717) is 21.6 Å². The topological polar surface area (TPSA) is 70.3 Å². The minimum atomic E-state index is -0.561. The number of thiophene rings is 1. The number of aryl methyl sites for hydroxylation is 1. The van der Waals surface area contributed by atoms with E-state index in [1.165, 1.54) is 25.5 Å². The van der Waals surface area contributed by atoms with Crippen molar-refractivity contribution in [2.75, 3.05) is 7.11 Å². The molecule has 0 spiro atoms. The first kappa shape index (κ1) is 16.0. The van der Waals surface area contributed by atoms with Crippen LogP contribution in [0.4, 0.5) is 0 Å². The molecule has 2 aromatic rings. The molecule has 0 fully saturated rings. The summed E-state index contributed by atoms with van der Waals surface area (Å²) in [6, 6.07) is 0. The third-order valence-electron chi connectivity index (χ3n) is 3.20. The summed E-state index contributed by atoms with van der Waals surface area (Å²) < 4.78 is 7.36. The fourth-order valence-electron chi connectivity index (χ4n) is 2.21. The van der Waals surface area contributed by atoms with Crippen molar-refractivity contribution in [2.24, 2.45) is 7.05 Å². The molecular formula is C13H15BrN2O4S.